The molecule has 332 valence electrons. The summed E-state index contributed by atoms with van der Waals surface area (Å²) in [7, 11) is 0. The molecule has 3 aliphatic heterocycles. The van der Waals surface area contributed by atoms with Crippen LogP contribution in [0.25, 0.3) is 43.2 Å². The molecule has 0 saturated heterocycles. The van der Waals surface area contributed by atoms with Gasteiger partial charge < -0.3 is 19.0 Å². The summed E-state index contributed by atoms with van der Waals surface area (Å²) in [6.07, 6.45) is 0. The van der Waals surface area contributed by atoms with Crippen molar-refractivity contribution in [2.75, 3.05) is 9.80 Å². The summed E-state index contributed by atoms with van der Waals surface area (Å²) in [6.45, 7) is 20.7. The number of anilines is 6. The van der Waals surface area contributed by atoms with Crippen molar-refractivity contribution < 1.29 is 9.15 Å². The zero-order chi connectivity index (χ0) is 46.6. The number of thiophene rings is 1. The first-order chi connectivity index (χ1) is 32.6. The molecule has 0 N–H and O–H groups in total. The van der Waals surface area contributed by atoms with Crippen LogP contribution >= 0.6 is 11.3 Å². The summed E-state index contributed by atoms with van der Waals surface area (Å²) in [6, 6.07) is 58.8. The van der Waals surface area contributed by atoms with Crippen LogP contribution in [0.1, 0.15) is 83.2 Å². The summed E-state index contributed by atoms with van der Waals surface area (Å²) in [4.78, 5) is 5.07. The molecule has 6 heteroatoms. The number of ether oxygens (including phenoxy) is 1. The van der Waals surface area contributed by atoms with Crippen LogP contribution in [-0.4, -0.2) is 6.71 Å². The van der Waals surface area contributed by atoms with Gasteiger partial charge in [-0.2, -0.15) is 0 Å². The first-order valence-corrected chi connectivity index (χ1v) is 24.8. The number of benzene rings is 8. The molecule has 0 atom stereocenters. The van der Waals surface area contributed by atoms with E-state index in [0.29, 0.717) is 0 Å². The maximum Gasteiger partial charge on any atom is 0.264 e. The Labute approximate surface area is 403 Å². The van der Waals surface area contributed by atoms with Gasteiger partial charge in [0.05, 0.1) is 11.4 Å². The fraction of sp³-hybridized carbons (Fsp3) is 0.194. The molecule has 0 unspecified atom stereocenters. The lowest BCUT2D eigenvalue weighted by molar-refractivity contribution is 0.418. The van der Waals surface area contributed by atoms with Gasteiger partial charge in [-0.25, -0.2) is 0 Å². The van der Waals surface area contributed by atoms with E-state index in [1.807, 2.05) is 11.3 Å². The van der Waals surface area contributed by atoms with E-state index in [2.05, 4.69) is 230 Å². The molecule has 5 heterocycles. The van der Waals surface area contributed by atoms with Crippen molar-refractivity contribution in [2.24, 2.45) is 0 Å². The molecule has 0 aliphatic carbocycles. The minimum absolute atomic E-state index is 0.0229. The van der Waals surface area contributed by atoms with E-state index >= 15 is 0 Å². The second kappa shape index (κ2) is 14.3. The van der Waals surface area contributed by atoms with Crippen LogP contribution < -0.4 is 30.2 Å². The van der Waals surface area contributed by atoms with Crippen LogP contribution in [0.5, 0.6) is 11.5 Å². The Morgan fingerprint density at radius 3 is 1.96 bits per heavy atom. The second-order valence-electron chi connectivity index (χ2n) is 21.9. The molecule has 10 aromatic rings. The van der Waals surface area contributed by atoms with Crippen LogP contribution in [0.2, 0.25) is 0 Å². The van der Waals surface area contributed by atoms with Gasteiger partial charge in [0.15, 0.2) is 5.58 Å². The van der Waals surface area contributed by atoms with Crippen LogP contribution in [0.3, 0.4) is 0 Å². The van der Waals surface area contributed by atoms with Gasteiger partial charge in [0, 0.05) is 71.0 Å². The van der Waals surface area contributed by atoms with Crippen molar-refractivity contribution in [2.45, 2.75) is 78.6 Å². The number of fused-ring (bicyclic) bond motifs is 11. The SMILES string of the molecule is Cc1cc2c3c(c1)N(c1cccc4c1oc1ccccc14)c1cc4c(cc1B3c1sc3ccc(C(C)(C)C)cc3c1N2c1ccc(-c2ccc(C(C)(C)C)cc2)cc1)C(C)(C)c1ccccc1O4. The van der Waals surface area contributed by atoms with Crippen LogP contribution in [0, 0.1) is 6.92 Å². The molecule has 3 aliphatic rings. The maximum absolute atomic E-state index is 6.96. The van der Waals surface area contributed by atoms with Gasteiger partial charge in [-0.05, 0) is 111 Å². The molecular weight excluding hydrogens is 848 g/mol. The van der Waals surface area contributed by atoms with E-state index in [-0.39, 0.29) is 23.0 Å². The van der Waals surface area contributed by atoms with E-state index in [9.17, 15) is 0 Å². The van der Waals surface area contributed by atoms with Crippen molar-refractivity contribution >= 4 is 99.9 Å². The highest BCUT2D eigenvalue weighted by molar-refractivity contribution is 7.33. The second-order valence-corrected chi connectivity index (χ2v) is 22.9. The fourth-order valence-corrected chi connectivity index (χ4v) is 12.7. The number of para-hydroxylation sites is 3. The van der Waals surface area contributed by atoms with E-state index in [0.717, 1.165) is 56.2 Å². The largest absolute Gasteiger partial charge is 0.457 e. The van der Waals surface area contributed by atoms with Gasteiger partial charge in [-0.1, -0.05) is 152 Å². The van der Waals surface area contributed by atoms with Gasteiger partial charge in [0.2, 0.25) is 0 Å². The van der Waals surface area contributed by atoms with Crippen LogP contribution in [0.4, 0.5) is 34.1 Å². The summed E-state index contributed by atoms with van der Waals surface area (Å²) in [5.74, 6) is 1.80. The zero-order valence-corrected chi connectivity index (χ0v) is 41.0. The molecule has 8 aromatic carbocycles. The molecule has 4 nitrogen and oxygen atoms in total. The average molecular weight is 901 g/mol. The van der Waals surface area contributed by atoms with Crippen LogP contribution in [0.15, 0.2) is 162 Å². The molecule has 0 fully saturated rings. The Bertz CT molecular complexity index is 3730. The number of furan rings is 1. The predicted molar refractivity (Wildman–Crippen MR) is 289 cm³/mol. The predicted octanol–water partition coefficient (Wildman–Crippen LogP) is 15.9. The van der Waals surface area contributed by atoms with Gasteiger partial charge in [-0.15, -0.1) is 11.3 Å². The quantitative estimate of drug-likeness (QED) is 0.165. The Hall–Kier alpha value is -7.02. The first-order valence-electron chi connectivity index (χ1n) is 24.0. The topological polar surface area (TPSA) is 28.9 Å². The Kier molecular flexibility index (Phi) is 8.64. The van der Waals surface area contributed by atoms with Crippen molar-refractivity contribution in [3.8, 4) is 22.6 Å². The summed E-state index contributed by atoms with van der Waals surface area (Å²) < 4.78 is 16.5. The van der Waals surface area contributed by atoms with E-state index in [4.69, 9.17) is 9.15 Å². The van der Waals surface area contributed by atoms with Gasteiger partial charge in [0.1, 0.15) is 17.1 Å². The summed E-state index contributed by atoms with van der Waals surface area (Å²) in [5, 5.41) is 3.51. The minimum atomic E-state index is -0.306. The molecule has 0 spiro atoms. The highest BCUT2D eigenvalue weighted by Crippen LogP contribution is 2.54. The van der Waals surface area contributed by atoms with Crippen molar-refractivity contribution in [1.29, 1.82) is 0 Å². The number of rotatable bonds is 3. The monoisotopic (exact) mass is 900 g/mol. The third-order valence-electron chi connectivity index (χ3n) is 15.1. The first kappa shape index (κ1) is 41.2. The smallest absolute Gasteiger partial charge is 0.264 e. The minimum Gasteiger partial charge on any atom is -0.457 e. The molecular formula is C62H53BN2O2S. The van der Waals surface area contributed by atoms with E-state index in [1.165, 1.54) is 76.1 Å². The molecule has 0 saturated carbocycles. The average Bonchev–Trinajstić information content (AvgIpc) is 3.89. The molecule has 13 rings (SSSR count). The molecule has 0 amide bonds. The number of hydrogen-bond acceptors (Lipinski definition) is 5. The Morgan fingerprint density at radius 2 is 1.21 bits per heavy atom. The van der Waals surface area contributed by atoms with E-state index < -0.39 is 0 Å². The lowest BCUT2D eigenvalue weighted by Gasteiger charge is -2.44. The lowest BCUT2D eigenvalue weighted by Crippen LogP contribution is -2.60. The standard InChI is InChI=1S/C62H53BN2O2S/c1-36-31-50-56-51(32-36)65(48-18-14-16-43-42-15-10-12-19-52(42)67-58(43)48)49-35-54-46(62(8,9)45-17-11-13-20-53(45)66-54)34-47(49)63(56)59-57(44-33-40(61(5,6)7)27-30-55(44)68-59)64(50)41-28-23-38(24-29-41)37-21-25-39(26-22-37)60(2,3)4/h10-35H,1-9H3. The number of hydrogen-bond donors (Lipinski definition) is 0. The highest BCUT2D eigenvalue weighted by atomic mass is 32.1. The zero-order valence-electron chi connectivity index (χ0n) is 40.2. The van der Waals surface area contributed by atoms with Crippen LogP contribution in [-0.2, 0) is 16.2 Å². The Morgan fingerprint density at radius 1 is 0.544 bits per heavy atom. The number of nitrogens with zero attached hydrogens (tertiary/aromatic N) is 2. The van der Waals surface area contributed by atoms with Gasteiger partial charge >= 0.3 is 0 Å². The molecule has 0 radical (unpaired) electrons. The normalized spacial score (nSPS) is 14.7. The molecule has 2 aromatic heterocycles. The fourth-order valence-electron chi connectivity index (χ4n) is 11.4. The van der Waals surface area contributed by atoms with Gasteiger partial charge in [0.25, 0.3) is 6.71 Å². The van der Waals surface area contributed by atoms with Crippen molar-refractivity contribution in [3.05, 3.63) is 186 Å². The molecule has 68 heavy (non-hydrogen) atoms. The third kappa shape index (κ3) is 5.99. The number of aryl methyl sites for hydroxylation is 1. The highest BCUT2D eigenvalue weighted by Gasteiger charge is 2.48. The Balaban J connectivity index is 1.10. The van der Waals surface area contributed by atoms with Crippen molar-refractivity contribution in [3.63, 3.8) is 0 Å². The summed E-state index contributed by atoms with van der Waals surface area (Å²) in [5.41, 5.74) is 19.6. The maximum atomic E-state index is 6.96. The lowest BCUT2D eigenvalue weighted by atomic mass is 9.36. The van der Waals surface area contributed by atoms with Gasteiger partial charge in [-0.3, -0.25) is 0 Å². The van der Waals surface area contributed by atoms with Crippen molar-refractivity contribution in [1.82, 2.24) is 0 Å². The summed E-state index contributed by atoms with van der Waals surface area (Å²) >= 11 is 1.95. The third-order valence-corrected chi connectivity index (χ3v) is 16.3. The van der Waals surface area contributed by atoms with E-state index in [1.54, 1.807) is 0 Å². The molecule has 0 bridgehead atoms.